The molecule has 37 heavy (non-hydrogen) atoms. The third-order valence-corrected chi connectivity index (χ3v) is 11.6. The van der Waals surface area contributed by atoms with Crippen molar-refractivity contribution < 1.29 is 34.0 Å². The maximum atomic E-state index is 12.6. The molecule has 8 nitrogen and oxygen atoms in total. The number of aliphatic hydroxyl groups is 3. The molecule has 1 fully saturated rings. The van der Waals surface area contributed by atoms with Crippen molar-refractivity contribution in [1.82, 2.24) is 5.32 Å². The zero-order valence-corrected chi connectivity index (χ0v) is 24.0. The first-order chi connectivity index (χ1) is 17.3. The van der Waals surface area contributed by atoms with E-state index in [1.165, 1.54) is 0 Å². The zero-order valence-electron chi connectivity index (χ0n) is 20.7. The van der Waals surface area contributed by atoms with Crippen molar-refractivity contribution in [3.05, 3.63) is 60.7 Å². The summed E-state index contributed by atoms with van der Waals surface area (Å²) < 4.78 is 16.0. The van der Waals surface area contributed by atoms with E-state index in [9.17, 15) is 20.1 Å². The van der Waals surface area contributed by atoms with Crippen LogP contribution in [0.1, 0.15) is 20.8 Å². The summed E-state index contributed by atoms with van der Waals surface area (Å²) in [6.45, 7) is 5.02. The fraction of sp³-hybridized carbons (Fsp3) is 0.480. The number of carbonyl (C=O) groups is 1. The van der Waals surface area contributed by atoms with E-state index in [4.69, 9.17) is 48.7 Å². The Hall–Kier alpha value is -1.40. The minimum Gasteiger partial charge on any atom is -0.445 e. The van der Waals surface area contributed by atoms with Crippen molar-refractivity contribution in [2.45, 2.75) is 60.2 Å². The molecule has 204 valence electrons. The summed E-state index contributed by atoms with van der Waals surface area (Å²) in [5.41, 5.74) is 0. The van der Waals surface area contributed by atoms with Crippen LogP contribution < -0.4 is 15.7 Å². The molecule has 4 N–H and O–H groups in total. The third kappa shape index (κ3) is 6.98. The van der Waals surface area contributed by atoms with Gasteiger partial charge in [-0.25, -0.2) is 4.79 Å². The molecule has 0 aromatic heterocycles. The van der Waals surface area contributed by atoms with Crippen molar-refractivity contribution in [2.24, 2.45) is 0 Å². The number of amides is 1. The average molecular weight is 593 g/mol. The van der Waals surface area contributed by atoms with Gasteiger partial charge in [0.25, 0.3) is 8.32 Å². The third-order valence-electron chi connectivity index (χ3n) is 6.24. The standard InChI is InChI=1S/C25H32Cl3NO7Si/c1-24(2,3)37(16-10-6-4-7-11-16,17-12-8-5-9-13-17)36-22-19(21(32)20(31)18(14-30)35-22)29-23(33)34-15-25(26,27)28/h4-13,18-22,30-32H,14-15H2,1-3H3,(H,29,33). The lowest BCUT2D eigenvalue weighted by Gasteiger charge is -2.49. The number of hydrogen-bond acceptors (Lipinski definition) is 7. The topological polar surface area (TPSA) is 117 Å². The van der Waals surface area contributed by atoms with Crippen molar-refractivity contribution in [2.75, 3.05) is 13.2 Å². The highest BCUT2D eigenvalue weighted by Gasteiger charge is 2.55. The molecular weight excluding hydrogens is 561 g/mol. The normalized spacial score (nSPS) is 24.9. The summed E-state index contributed by atoms with van der Waals surface area (Å²) in [5.74, 6) is 0. The van der Waals surface area contributed by atoms with Crippen molar-refractivity contribution in [3.8, 4) is 0 Å². The predicted octanol–water partition coefficient (Wildman–Crippen LogP) is 2.47. The van der Waals surface area contributed by atoms with E-state index < -0.39 is 67.1 Å². The predicted molar refractivity (Wildman–Crippen MR) is 145 cm³/mol. The number of rotatable bonds is 7. The summed E-state index contributed by atoms with van der Waals surface area (Å²) in [5, 5.41) is 35.2. The smallest absolute Gasteiger partial charge is 0.407 e. The van der Waals surface area contributed by atoms with Gasteiger partial charge in [0.1, 0.15) is 31.0 Å². The summed E-state index contributed by atoms with van der Waals surface area (Å²) in [6.07, 6.45) is -6.52. The molecule has 0 bridgehead atoms. The highest BCUT2D eigenvalue weighted by atomic mass is 35.6. The second-order valence-corrected chi connectivity index (χ2v) is 16.6. The van der Waals surface area contributed by atoms with Gasteiger partial charge in [0.05, 0.1) is 6.61 Å². The lowest BCUT2D eigenvalue weighted by molar-refractivity contribution is -0.246. The Kier molecular flexibility index (Phi) is 9.93. The molecule has 1 aliphatic heterocycles. The Morgan fingerprint density at radius 1 is 0.973 bits per heavy atom. The number of ether oxygens (including phenoxy) is 2. The van der Waals surface area contributed by atoms with Crippen molar-refractivity contribution >= 4 is 59.6 Å². The van der Waals surface area contributed by atoms with Gasteiger partial charge in [-0.1, -0.05) is 116 Å². The van der Waals surface area contributed by atoms with E-state index in [0.29, 0.717) is 0 Å². The number of alkyl halides is 3. The first-order valence-electron chi connectivity index (χ1n) is 11.7. The quantitative estimate of drug-likeness (QED) is 0.288. The minimum absolute atomic E-state index is 0.463. The lowest BCUT2D eigenvalue weighted by atomic mass is 9.97. The fourth-order valence-electron chi connectivity index (χ4n) is 4.53. The van der Waals surface area contributed by atoms with Crippen LogP contribution in [0, 0.1) is 0 Å². The molecule has 12 heteroatoms. The molecule has 3 rings (SSSR count). The van der Waals surface area contributed by atoms with Crippen molar-refractivity contribution in [3.63, 3.8) is 0 Å². The highest BCUT2D eigenvalue weighted by Crippen LogP contribution is 2.39. The van der Waals surface area contributed by atoms with Gasteiger partial charge >= 0.3 is 6.09 Å². The lowest BCUT2D eigenvalue weighted by Crippen LogP contribution is -2.72. The molecular formula is C25H32Cl3NO7Si. The number of nitrogens with one attached hydrogen (secondary N) is 1. The molecule has 0 aliphatic carbocycles. The molecule has 1 heterocycles. The van der Waals surface area contributed by atoms with Gasteiger partial charge in [-0.15, -0.1) is 0 Å². The van der Waals surface area contributed by atoms with Gasteiger partial charge in [0.2, 0.25) is 3.79 Å². The Labute approximate surface area is 232 Å². The average Bonchev–Trinajstić information content (AvgIpc) is 2.85. The van der Waals surface area contributed by atoms with Crippen LogP contribution in [0.2, 0.25) is 5.04 Å². The Morgan fingerprint density at radius 2 is 1.49 bits per heavy atom. The fourth-order valence-corrected chi connectivity index (χ4v) is 9.26. The van der Waals surface area contributed by atoms with Crippen LogP contribution in [0.4, 0.5) is 4.79 Å². The molecule has 5 unspecified atom stereocenters. The number of halogens is 3. The summed E-state index contributed by atoms with van der Waals surface area (Å²) >= 11 is 17.0. The maximum absolute atomic E-state index is 12.6. The minimum atomic E-state index is -3.23. The highest BCUT2D eigenvalue weighted by molar-refractivity contribution is 6.99. The van der Waals surface area contributed by atoms with Gasteiger partial charge in [-0.3, -0.25) is 0 Å². The molecule has 1 aliphatic rings. The molecule has 1 amide bonds. The molecule has 0 saturated carbocycles. The SMILES string of the molecule is CC(C)(C)[Si](OC1OC(CO)C(O)C(O)C1NC(=O)OCC(Cl)(Cl)Cl)(c1ccccc1)c1ccccc1. The molecule has 5 atom stereocenters. The zero-order chi connectivity index (χ0) is 27.4. The molecule has 0 spiro atoms. The first-order valence-corrected chi connectivity index (χ1v) is 14.8. The number of alkyl carbamates (subject to hydrolysis) is 1. The Bertz CT molecular complexity index is 981. The van der Waals surface area contributed by atoms with Crippen LogP contribution in [-0.4, -0.2) is 77.4 Å². The Balaban J connectivity index is 2.08. The van der Waals surface area contributed by atoms with Gasteiger partial charge < -0.3 is 34.5 Å². The van der Waals surface area contributed by atoms with Crippen LogP contribution in [0.5, 0.6) is 0 Å². The van der Waals surface area contributed by atoms with Crippen LogP contribution in [0.25, 0.3) is 0 Å². The van der Waals surface area contributed by atoms with Gasteiger partial charge in [0.15, 0.2) is 6.29 Å². The number of hydrogen-bond donors (Lipinski definition) is 4. The van der Waals surface area contributed by atoms with Crippen LogP contribution in [0.3, 0.4) is 0 Å². The molecule has 2 aromatic carbocycles. The largest absolute Gasteiger partial charge is 0.445 e. The van der Waals surface area contributed by atoms with E-state index in [0.717, 1.165) is 10.4 Å². The van der Waals surface area contributed by atoms with E-state index >= 15 is 0 Å². The second kappa shape index (κ2) is 12.2. The van der Waals surface area contributed by atoms with Crippen molar-refractivity contribution in [1.29, 1.82) is 0 Å². The van der Waals surface area contributed by atoms with Crippen LogP contribution in [-0.2, 0) is 13.9 Å². The van der Waals surface area contributed by atoms with Crippen LogP contribution in [0.15, 0.2) is 60.7 Å². The molecule has 0 radical (unpaired) electrons. The summed E-state index contributed by atoms with van der Waals surface area (Å²) in [7, 11) is -3.23. The van der Waals surface area contributed by atoms with E-state index in [1.807, 2.05) is 60.7 Å². The van der Waals surface area contributed by atoms with E-state index in [1.54, 1.807) is 0 Å². The summed E-state index contributed by atoms with van der Waals surface area (Å²) in [4.78, 5) is 12.6. The number of benzene rings is 2. The first kappa shape index (κ1) is 30.1. The maximum Gasteiger partial charge on any atom is 0.407 e. The Morgan fingerprint density at radius 3 is 1.92 bits per heavy atom. The number of aliphatic hydroxyl groups excluding tert-OH is 3. The molecule has 1 saturated heterocycles. The molecule has 2 aromatic rings. The summed E-state index contributed by atoms with van der Waals surface area (Å²) in [6, 6.07) is 18.1. The van der Waals surface area contributed by atoms with Gasteiger partial charge in [-0.05, 0) is 15.4 Å². The monoisotopic (exact) mass is 591 g/mol. The van der Waals surface area contributed by atoms with Gasteiger partial charge in [0, 0.05) is 0 Å². The van der Waals surface area contributed by atoms with Gasteiger partial charge in [-0.2, -0.15) is 0 Å². The van der Waals surface area contributed by atoms with E-state index in [2.05, 4.69) is 26.1 Å². The number of carbonyl (C=O) groups excluding carboxylic acids is 1. The second-order valence-electron chi connectivity index (χ2n) is 9.85. The van der Waals surface area contributed by atoms with Crippen LogP contribution >= 0.6 is 34.8 Å². The van der Waals surface area contributed by atoms with E-state index in [-0.39, 0.29) is 0 Å².